The van der Waals surface area contributed by atoms with Crippen LogP contribution in [0, 0.1) is 0 Å². The fourth-order valence-electron chi connectivity index (χ4n) is 7.33. The molecular weight excluding hydrogens is 571 g/mol. The van der Waals surface area contributed by atoms with Gasteiger partial charge < -0.3 is 0 Å². The van der Waals surface area contributed by atoms with Gasteiger partial charge in [0.05, 0.1) is 22.2 Å². The van der Waals surface area contributed by atoms with E-state index in [0.29, 0.717) is 0 Å². The number of benzene rings is 7. The molecule has 3 nitrogen and oxygen atoms in total. The van der Waals surface area contributed by atoms with Gasteiger partial charge in [0, 0.05) is 23.6 Å². The zero-order valence-corrected chi connectivity index (χ0v) is 26.1. The molecule has 0 aliphatic carbocycles. The van der Waals surface area contributed by atoms with E-state index < -0.39 is 0 Å². The molecule has 2 aromatic heterocycles. The molecule has 0 atom stereocenters. The fourth-order valence-corrected chi connectivity index (χ4v) is 7.33. The first-order valence-electron chi connectivity index (χ1n) is 16.2. The average molecular weight is 602 g/mol. The Morgan fingerprint density at radius 1 is 0.511 bits per heavy atom. The summed E-state index contributed by atoms with van der Waals surface area (Å²) < 4.78 is 2.31. The van der Waals surface area contributed by atoms with Crippen LogP contribution in [0.1, 0.15) is 12.7 Å². The molecule has 0 unspecified atom stereocenters. The maximum atomic E-state index is 5.09. The van der Waals surface area contributed by atoms with Crippen LogP contribution in [0.15, 0.2) is 158 Å². The van der Waals surface area contributed by atoms with Crippen LogP contribution in [-0.2, 0) is 6.42 Å². The first-order chi connectivity index (χ1) is 23.3. The Labute approximate surface area is 273 Å². The molecule has 0 aliphatic rings. The van der Waals surface area contributed by atoms with Crippen molar-refractivity contribution in [2.75, 3.05) is 0 Å². The van der Waals surface area contributed by atoms with Crippen molar-refractivity contribution in [2.45, 2.75) is 13.3 Å². The van der Waals surface area contributed by atoms with Gasteiger partial charge in [-0.1, -0.05) is 122 Å². The molecule has 0 N–H and O–H groups in total. The van der Waals surface area contributed by atoms with E-state index in [4.69, 9.17) is 9.97 Å². The molecule has 0 fully saturated rings. The van der Waals surface area contributed by atoms with Gasteiger partial charge in [0.2, 0.25) is 0 Å². The van der Waals surface area contributed by atoms with Crippen molar-refractivity contribution in [3.05, 3.63) is 164 Å². The predicted octanol–water partition coefficient (Wildman–Crippen LogP) is 11.4. The number of rotatable bonds is 5. The Balaban J connectivity index is 1.39. The highest BCUT2D eigenvalue weighted by atomic mass is 15.1. The number of aromatic nitrogens is 3. The molecule has 0 amide bonds. The quantitative estimate of drug-likeness (QED) is 0.184. The Kier molecular flexibility index (Phi) is 6.43. The van der Waals surface area contributed by atoms with Gasteiger partial charge in [-0.2, -0.15) is 0 Å². The van der Waals surface area contributed by atoms with Crippen LogP contribution in [0.4, 0.5) is 0 Å². The van der Waals surface area contributed by atoms with Crippen molar-refractivity contribution >= 4 is 43.5 Å². The molecule has 0 radical (unpaired) electrons. The van der Waals surface area contributed by atoms with Crippen molar-refractivity contribution in [2.24, 2.45) is 0 Å². The number of nitrogens with zero attached hydrogens (tertiary/aromatic N) is 3. The van der Waals surface area contributed by atoms with Gasteiger partial charge in [-0.25, -0.2) is 4.98 Å². The molecule has 0 spiro atoms. The van der Waals surface area contributed by atoms with Crippen LogP contribution in [0.3, 0.4) is 0 Å². The van der Waals surface area contributed by atoms with Crippen LogP contribution in [-0.4, -0.2) is 14.5 Å². The van der Waals surface area contributed by atoms with Crippen LogP contribution < -0.4 is 0 Å². The molecule has 0 bridgehead atoms. The zero-order valence-electron chi connectivity index (χ0n) is 26.1. The molecule has 0 saturated heterocycles. The minimum absolute atomic E-state index is 0.832. The summed E-state index contributed by atoms with van der Waals surface area (Å²) >= 11 is 0. The van der Waals surface area contributed by atoms with E-state index in [1.54, 1.807) is 0 Å². The Morgan fingerprint density at radius 2 is 1.17 bits per heavy atom. The van der Waals surface area contributed by atoms with E-state index in [1.807, 2.05) is 12.3 Å². The van der Waals surface area contributed by atoms with Crippen LogP contribution in [0.2, 0.25) is 0 Å². The Hall–Kier alpha value is -6.06. The first kappa shape index (κ1) is 27.3. The number of hydrogen-bond donors (Lipinski definition) is 0. The number of aryl methyl sites for hydroxylation is 1. The molecular formula is C44H31N3. The second kappa shape index (κ2) is 11.1. The molecule has 0 saturated carbocycles. The van der Waals surface area contributed by atoms with Gasteiger partial charge in [-0.15, -0.1) is 0 Å². The summed E-state index contributed by atoms with van der Waals surface area (Å²) in [6.45, 7) is 2.17. The standard InChI is InChI=1S/C44H31N3/c1-2-41-46-38-21-11-12-22-40(38)47(41)39-26-25-36(44-35(39)20-13-27-45-44)43-33-19-10-9-18-32(33)42(30-16-7-4-8-17-30)37-28-31(23-24-34(37)43)29-14-5-3-6-15-29/h3-28H,2H2,1H3. The molecule has 9 rings (SSSR count). The number of pyridine rings is 1. The largest absolute Gasteiger partial charge is 0.296 e. The lowest BCUT2D eigenvalue weighted by atomic mass is 9.84. The smallest absolute Gasteiger partial charge is 0.114 e. The molecule has 3 heteroatoms. The summed E-state index contributed by atoms with van der Waals surface area (Å²) in [5.74, 6) is 1.04. The minimum Gasteiger partial charge on any atom is -0.296 e. The third-order valence-electron chi connectivity index (χ3n) is 9.40. The van der Waals surface area contributed by atoms with Crippen LogP contribution >= 0.6 is 0 Å². The fraction of sp³-hybridized carbons (Fsp3) is 0.0455. The van der Waals surface area contributed by atoms with E-state index >= 15 is 0 Å². The van der Waals surface area contributed by atoms with E-state index in [0.717, 1.165) is 45.4 Å². The maximum Gasteiger partial charge on any atom is 0.114 e. The highest BCUT2D eigenvalue weighted by Crippen LogP contribution is 2.46. The van der Waals surface area contributed by atoms with E-state index in [2.05, 4.69) is 157 Å². The molecule has 7 aromatic carbocycles. The van der Waals surface area contributed by atoms with Crippen molar-refractivity contribution in [1.29, 1.82) is 0 Å². The molecule has 0 aliphatic heterocycles. The maximum absolute atomic E-state index is 5.09. The lowest BCUT2D eigenvalue weighted by molar-refractivity contribution is 0.912. The second-order valence-electron chi connectivity index (χ2n) is 12.0. The van der Waals surface area contributed by atoms with Crippen LogP contribution in [0.25, 0.3) is 82.5 Å². The Morgan fingerprint density at radius 3 is 1.96 bits per heavy atom. The van der Waals surface area contributed by atoms with Gasteiger partial charge in [-0.05, 0) is 85.8 Å². The molecule has 9 aromatic rings. The minimum atomic E-state index is 0.832. The monoisotopic (exact) mass is 601 g/mol. The highest BCUT2D eigenvalue weighted by Gasteiger charge is 2.21. The van der Waals surface area contributed by atoms with Crippen molar-refractivity contribution in [3.63, 3.8) is 0 Å². The van der Waals surface area contributed by atoms with E-state index in [-0.39, 0.29) is 0 Å². The highest BCUT2D eigenvalue weighted by molar-refractivity contribution is 6.24. The van der Waals surface area contributed by atoms with Gasteiger partial charge in [0.25, 0.3) is 0 Å². The summed E-state index contributed by atoms with van der Waals surface area (Å²) in [6, 6.07) is 54.4. The number of fused-ring (bicyclic) bond motifs is 4. The van der Waals surface area contributed by atoms with Gasteiger partial charge in [-0.3, -0.25) is 9.55 Å². The third kappa shape index (κ3) is 4.35. The van der Waals surface area contributed by atoms with Gasteiger partial charge >= 0.3 is 0 Å². The molecule has 2 heterocycles. The second-order valence-corrected chi connectivity index (χ2v) is 12.0. The van der Waals surface area contributed by atoms with E-state index in [9.17, 15) is 0 Å². The molecule has 47 heavy (non-hydrogen) atoms. The normalized spacial score (nSPS) is 11.6. The Bertz CT molecular complexity index is 2600. The topological polar surface area (TPSA) is 30.7 Å². The summed E-state index contributed by atoms with van der Waals surface area (Å²) in [5, 5.41) is 5.99. The lowest BCUT2D eigenvalue weighted by Gasteiger charge is -2.20. The zero-order chi connectivity index (χ0) is 31.3. The van der Waals surface area contributed by atoms with Crippen LogP contribution in [0.5, 0.6) is 0 Å². The summed E-state index contributed by atoms with van der Waals surface area (Å²) in [5.41, 5.74) is 11.4. The SMILES string of the molecule is CCc1nc2ccccc2n1-c1ccc(-c2c3ccccc3c(-c3ccccc3)c3cc(-c4ccccc4)ccc23)c2ncccc12. The number of hydrogen-bond acceptors (Lipinski definition) is 2. The number of para-hydroxylation sites is 2. The van der Waals surface area contributed by atoms with E-state index in [1.165, 1.54) is 49.4 Å². The van der Waals surface area contributed by atoms with Gasteiger partial charge in [0.15, 0.2) is 0 Å². The third-order valence-corrected chi connectivity index (χ3v) is 9.40. The summed E-state index contributed by atoms with van der Waals surface area (Å²) in [4.78, 5) is 10.1. The van der Waals surface area contributed by atoms with Crippen molar-refractivity contribution in [3.8, 4) is 39.1 Å². The van der Waals surface area contributed by atoms with Crippen molar-refractivity contribution in [1.82, 2.24) is 14.5 Å². The molecule has 222 valence electrons. The number of imidazole rings is 1. The summed E-state index contributed by atoms with van der Waals surface area (Å²) in [6.07, 6.45) is 2.75. The lowest BCUT2D eigenvalue weighted by Crippen LogP contribution is -2.02. The average Bonchev–Trinajstić information content (AvgIpc) is 3.52. The van der Waals surface area contributed by atoms with Gasteiger partial charge in [0.1, 0.15) is 5.82 Å². The van der Waals surface area contributed by atoms with Crippen molar-refractivity contribution < 1.29 is 0 Å². The predicted molar refractivity (Wildman–Crippen MR) is 197 cm³/mol. The first-order valence-corrected chi connectivity index (χ1v) is 16.2. The summed E-state index contributed by atoms with van der Waals surface area (Å²) in [7, 11) is 0.